The first kappa shape index (κ1) is 17.5. The summed E-state index contributed by atoms with van der Waals surface area (Å²) in [5, 5.41) is 2.98. The molecular formula is C20H22N2O2S. The highest BCUT2D eigenvalue weighted by Gasteiger charge is 2.27. The van der Waals surface area contributed by atoms with Gasteiger partial charge < -0.3 is 10.2 Å². The largest absolute Gasteiger partial charge is 0.350 e. The van der Waals surface area contributed by atoms with Crippen LogP contribution in [0.2, 0.25) is 0 Å². The molecule has 0 radical (unpaired) electrons. The fourth-order valence-corrected chi connectivity index (χ4v) is 3.84. The SMILES string of the molecule is CCC(C)NC(=O)c1ccc2c(c1)N(CC)C(=O)c1ccccc1S2. The third-order valence-corrected chi connectivity index (χ3v) is 5.54. The molecule has 1 unspecified atom stereocenters. The maximum atomic E-state index is 12.9. The number of hydrogen-bond acceptors (Lipinski definition) is 3. The molecule has 1 aliphatic rings. The Kier molecular flexibility index (Phi) is 5.13. The molecule has 1 aliphatic heterocycles. The summed E-state index contributed by atoms with van der Waals surface area (Å²) in [6.45, 7) is 6.52. The van der Waals surface area contributed by atoms with Crippen LogP contribution in [-0.4, -0.2) is 24.4 Å². The van der Waals surface area contributed by atoms with E-state index in [0.717, 1.165) is 21.9 Å². The van der Waals surface area contributed by atoms with E-state index in [1.807, 2.05) is 63.2 Å². The lowest BCUT2D eigenvalue weighted by Gasteiger charge is -2.22. The van der Waals surface area contributed by atoms with Gasteiger partial charge in [0.05, 0.1) is 11.3 Å². The van der Waals surface area contributed by atoms with E-state index in [4.69, 9.17) is 0 Å². The molecule has 2 aromatic rings. The fraction of sp³-hybridized carbons (Fsp3) is 0.300. The van der Waals surface area contributed by atoms with Gasteiger partial charge in [-0.15, -0.1) is 0 Å². The molecule has 2 amide bonds. The number of rotatable bonds is 4. The Hall–Kier alpha value is -2.27. The maximum absolute atomic E-state index is 12.9. The summed E-state index contributed by atoms with van der Waals surface area (Å²) in [4.78, 5) is 29.1. The molecule has 0 saturated carbocycles. The molecule has 1 N–H and O–H groups in total. The van der Waals surface area contributed by atoms with Gasteiger partial charge in [-0.1, -0.05) is 30.8 Å². The summed E-state index contributed by atoms with van der Waals surface area (Å²) in [6, 6.07) is 13.3. The van der Waals surface area contributed by atoms with E-state index in [2.05, 4.69) is 5.32 Å². The Morgan fingerprint density at radius 2 is 1.92 bits per heavy atom. The first-order valence-corrected chi connectivity index (χ1v) is 9.40. The summed E-state index contributed by atoms with van der Waals surface area (Å²) in [5.74, 6) is -0.128. The van der Waals surface area contributed by atoms with Gasteiger partial charge in [0, 0.05) is 27.9 Å². The lowest BCUT2D eigenvalue weighted by molar-refractivity contribution is 0.0936. The molecule has 130 valence electrons. The standard InChI is InChI=1S/C20H22N2O2S/c1-4-13(3)21-19(23)14-10-11-18-16(12-14)22(5-2)20(24)15-8-6-7-9-17(15)25-18/h6-13H,4-5H2,1-3H3,(H,21,23). The molecule has 0 bridgehead atoms. The van der Waals surface area contributed by atoms with E-state index in [0.29, 0.717) is 17.7 Å². The van der Waals surface area contributed by atoms with Gasteiger partial charge in [0.1, 0.15) is 0 Å². The number of carbonyl (C=O) groups is 2. The normalized spacial score (nSPS) is 14.4. The summed E-state index contributed by atoms with van der Waals surface area (Å²) in [6.07, 6.45) is 0.876. The van der Waals surface area contributed by atoms with Crippen LogP contribution in [-0.2, 0) is 0 Å². The number of hydrogen-bond donors (Lipinski definition) is 1. The number of benzene rings is 2. The minimum Gasteiger partial charge on any atom is -0.350 e. The molecule has 5 heteroatoms. The van der Waals surface area contributed by atoms with Crippen LogP contribution in [0.3, 0.4) is 0 Å². The molecule has 1 heterocycles. The topological polar surface area (TPSA) is 49.4 Å². The molecule has 2 aromatic carbocycles. The third kappa shape index (κ3) is 3.42. The molecule has 0 fully saturated rings. The highest BCUT2D eigenvalue weighted by atomic mass is 32.2. The zero-order valence-corrected chi connectivity index (χ0v) is 15.5. The predicted molar refractivity (Wildman–Crippen MR) is 102 cm³/mol. The van der Waals surface area contributed by atoms with Crippen molar-refractivity contribution in [3.05, 3.63) is 53.6 Å². The zero-order chi connectivity index (χ0) is 18.0. The fourth-order valence-electron chi connectivity index (χ4n) is 2.78. The first-order chi connectivity index (χ1) is 12.0. The second-order valence-corrected chi connectivity index (χ2v) is 7.20. The van der Waals surface area contributed by atoms with Crippen LogP contribution in [0, 0.1) is 0 Å². The molecule has 0 aromatic heterocycles. The van der Waals surface area contributed by atoms with Gasteiger partial charge in [0.15, 0.2) is 0 Å². The summed E-state index contributed by atoms with van der Waals surface area (Å²) in [5.41, 5.74) is 2.08. The Morgan fingerprint density at radius 1 is 1.16 bits per heavy atom. The molecule has 1 atom stereocenters. The van der Waals surface area contributed by atoms with Gasteiger partial charge in [-0.25, -0.2) is 0 Å². The van der Waals surface area contributed by atoms with Gasteiger partial charge in [0.2, 0.25) is 0 Å². The number of nitrogens with one attached hydrogen (secondary N) is 1. The maximum Gasteiger partial charge on any atom is 0.259 e. The van der Waals surface area contributed by atoms with Crippen molar-refractivity contribution in [2.45, 2.75) is 43.0 Å². The van der Waals surface area contributed by atoms with Gasteiger partial charge in [-0.05, 0) is 50.6 Å². The van der Waals surface area contributed by atoms with Crippen LogP contribution < -0.4 is 10.2 Å². The van der Waals surface area contributed by atoms with Crippen molar-refractivity contribution in [2.24, 2.45) is 0 Å². The number of amides is 2. The van der Waals surface area contributed by atoms with E-state index in [9.17, 15) is 9.59 Å². The molecule has 25 heavy (non-hydrogen) atoms. The predicted octanol–water partition coefficient (Wildman–Crippen LogP) is 4.35. The number of anilines is 1. The second-order valence-electron chi connectivity index (χ2n) is 6.11. The second kappa shape index (κ2) is 7.31. The van der Waals surface area contributed by atoms with Crippen LogP contribution in [0.5, 0.6) is 0 Å². The van der Waals surface area contributed by atoms with Gasteiger partial charge in [0.25, 0.3) is 11.8 Å². The Labute approximate surface area is 152 Å². The summed E-state index contributed by atoms with van der Waals surface area (Å²) >= 11 is 1.57. The van der Waals surface area contributed by atoms with Gasteiger partial charge >= 0.3 is 0 Å². The average molecular weight is 354 g/mol. The summed E-state index contributed by atoms with van der Waals surface area (Å²) in [7, 11) is 0. The van der Waals surface area contributed by atoms with Crippen molar-refractivity contribution < 1.29 is 9.59 Å². The van der Waals surface area contributed by atoms with E-state index in [1.54, 1.807) is 16.7 Å². The first-order valence-electron chi connectivity index (χ1n) is 8.58. The third-order valence-electron chi connectivity index (χ3n) is 4.40. The lowest BCUT2D eigenvalue weighted by atomic mass is 10.1. The van der Waals surface area contributed by atoms with Gasteiger partial charge in [-0.2, -0.15) is 0 Å². The molecular weight excluding hydrogens is 332 g/mol. The minimum atomic E-state index is -0.104. The van der Waals surface area contributed by atoms with Crippen molar-refractivity contribution >= 4 is 29.3 Å². The highest BCUT2D eigenvalue weighted by molar-refractivity contribution is 7.99. The molecule has 0 spiro atoms. The minimum absolute atomic E-state index is 0.0242. The Balaban J connectivity index is 2.03. The average Bonchev–Trinajstić information content (AvgIpc) is 2.74. The smallest absolute Gasteiger partial charge is 0.259 e. The number of fused-ring (bicyclic) bond motifs is 2. The van der Waals surface area contributed by atoms with Gasteiger partial charge in [-0.3, -0.25) is 9.59 Å². The van der Waals surface area contributed by atoms with Crippen LogP contribution >= 0.6 is 11.8 Å². The molecule has 0 saturated heterocycles. The number of carbonyl (C=O) groups excluding carboxylic acids is 2. The van der Waals surface area contributed by atoms with Crippen molar-refractivity contribution in [3.8, 4) is 0 Å². The Morgan fingerprint density at radius 3 is 2.64 bits per heavy atom. The molecule has 4 nitrogen and oxygen atoms in total. The van der Waals surface area contributed by atoms with E-state index < -0.39 is 0 Å². The molecule has 0 aliphatic carbocycles. The van der Waals surface area contributed by atoms with E-state index >= 15 is 0 Å². The van der Waals surface area contributed by atoms with Crippen molar-refractivity contribution in [1.29, 1.82) is 0 Å². The van der Waals surface area contributed by atoms with Crippen LogP contribution in [0.25, 0.3) is 0 Å². The van der Waals surface area contributed by atoms with Crippen LogP contribution in [0.4, 0.5) is 5.69 Å². The Bertz CT molecular complexity index is 819. The van der Waals surface area contributed by atoms with Crippen molar-refractivity contribution in [3.63, 3.8) is 0 Å². The quantitative estimate of drug-likeness (QED) is 0.888. The van der Waals surface area contributed by atoms with Crippen molar-refractivity contribution in [1.82, 2.24) is 5.32 Å². The highest BCUT2D eigenvalue weighted by Crippen LogP contribution is 2.41. The van der Waals surface area contributed by atoms with E-state index in [-0.39, 0.29) is 17.9 Å². The summed E-state index contributed by atoms with van der Waals surface area (Å²) < 4.78 is 0. The number of nitrogens with zero attached hydrogens (tertiary/aromatic N) is 1. The monoisotopic (exact) mass is 354 g/mol. The lowest BCUT2D eigenvalue weighted by Crippen LogP contribution is -2.33. The zero-order valence-electron chi connectivity index (χ0n) is 14.7. The van der Waals surface area contributed by atoms with E-state index in [1.165, 1.54) is 0 Å². The van der Waals surface area contributed by atoms with Crippen molar-refractivity contribution in [2.75, 3.05) is 11.4 Å². The van der Waals surface area contributed by atoms with Crippen LogP contribution in [0.15, 0.2) is 52.3 Å². The molecule has 3 rings (SSSR count). The van der Waals surface area contributed by atoms with Crippen LogP contribution in [0.1, 0.15) is 47.9 Å².